The molecule has 3 heterocycles. The minimum absolute atomic E-state index is 0.00666. The van der Waals surface area contributed by atoms with Gasteiger partial charge in [-0.2, -0.15) is 0 Å². The van der Waals surface area contributed by atoms with Crippen molar-refractivity contribution >= 4 is 23.4 Å². The number of piperidine rings is 1. The van der Waals surface area contributed by atoms with Crippen molar-refractivity contribution in [2.24, 2.45) is 41.4 Å². The van der Waals surface area contributed by atoms with Crippen LogP contribution in [0, 0.1) is 41.4 Å². The molecule has 2 bridgehead atoms. The van der Waals surface area contributed by atoms with Gasteiger partial charge in [0.25, 0.3) is 11.7 Å². The third-order valence-corrected chi connectivity index (χ3v) is 13.9. The number of carbonyl (C=O) groups is 4. The molecule has 3 saturated heterocycles. The molecule has 4 aliphatic rings. The number of Topliss-reactive ketones (excluding diaryl/α,β-unsaturated/α-hetero) is 2. The number of nitrogens with zero attached hydrogens (tertiary/aromatic N) is 1. The lowest BCUT2D eigenvalue weighted by Crippen LogP contribution is -2.64. The van der Waals surface area contributed by atoms with E-state index in [1.165, 1.54) is 4.90 Å². The number of esters is 1. The van der Waals surface area contributed by atoms with Gasteiger partial charge < -0.3 is 43.9 Å². The maximum absolute atomic E-state index is 14.4. The number of cyclic esters (lactones) is 1. The molecule has 328 valence electrons. The van der Waals surface area contributed by atoms with E-state index >= 15 is 0 Å². The average Bonchev–Trinajstić information content (AvgIpc) is 3.18. The van der Waals surface area contributed by atoms with Crippen LogP contribution in [0.3, 0.4) is 0 Å². The van der Waals surface area contributed by atoms with Gasteiger partial charge in [-0.25, -0.2) is 4.79 Å². The first-order valence-corrected chi connectivity index (χ1v) is 21.9. The zero-order valence-electron chi connectivity index (χ0n) is 36.2. The Morgan fingerprint density at radius 1 is 0.825 bits per heavy atom. The van der Waals surface area contributed by atoms with Crippen molar-refractivity contribution < 1.29 is 58.2 Å². The van der Waals surface area contributed by atoms with Crippen LogP contribution in [0.5, 0.6) is 0 Å². The van der Waals surface area contributed by atoms with Gasteiger partial charge >= 0.3 is 5.97 Å². The summed E-state index contributed by atoms with van der Waals surface area (Å²) in [4.78, 5) is 58.1. The molecule has 0 aromatic carbocycles. The zero-order chi connectivity index (χ0) is 42.2. The van der Waals surface area contributed by atoms with Gasteiger partial charge in [0.05, 0.1) is 30.5 Å². The van der Waals surface area contributed by atoms with Crippen LogP contribution in [0.4, 0.5) is 0 Å². The van der Waals surface area contributed by atoms with Crippen LogP contribution < -0.4 is 0 Å². The first kappa shape index (κ1) is 47.7. The topological polar surface area (TPSA) is 178 Å². The van der Waals surface area contributed by atoms with E-state index in [1.807, 2.05) is 13.8 Å². The van der Waals surface area contributed by atoms with Gasteiger partial charge in [-0.3, -0.25) is 14.4 Å². The molecule has 0 aromatic rings. The van der Waals surface area contributed by atoms with Crippen LogP contribution in [-0.2, 0) is 42.9 Å². The summed E-state index contributed by atoms with van der Waals surface area (Å²) in [6.45, 7) is 11.8. The monoisotopic (exact) mass is 810 g/mol. The summed E-state index contributed by atoms with van der Waals surface area (Å²) >= 11 is 0. The molecule has 13 heteroatoms. The van der Waals surface area contributed by atoms with Crippen LogP contribution in [-0.4, -0.2) is 126 Å². The number of amides is 1. The van der Waals surface area contributed by atoms with Gasteiger partial charge in [0.2, 0.25) is 5.79 Å². The lowest BCUT2D eigenvalue weighted by Gasteiger charge is -2.47. The van der Waals surface area contributed by atoms with E-state index in [0.717, 1.165) is 19.3 Å². The van der Waals surface area contributed by atoms with Crippen molar-refractivity contribution in [1.82, 2.24) is 4.90 Å². The minimum Gasteiger partial charge on any atom is -0.460 e. The number of hydrogen-bond donors (Lipinski definition) is 3. The molecule has 3 aliphatic heterocycles. The molecule has 16 unspecified atom stereocenters. The largest absolute Gasteiger partial charge is 0.460 e. The Labute approximate surface area is 341 Å². The fraction of sp³-hybridized carbons (Fsp3) is 0.909. The van der Waals surface area contributed by atoms with Crippen molar-refractivity contribution in [3.8, 4) is 0 Å². The molecule has 57 heavy (non-hydrogen) atoms. The molecule has 0 radical (unpaired) electrons. The zero-order valence-corrected chi connectivity index (χ0v) is 36.2. The van der Waals surface area contributed by atoms with Gasteiger partial charge in [-0.1, -0.05) is 48.0 Å². The van der Waals surface area contributed by atoms with Gasteiger partial charge in [0.15, 0.2) is 0 Å². The Morgan fingerprint density at radius 2 is 1.47 bits per heavy atom. The maximum Gasteiger partial charge on any atom is 0.329 e. The van der Waals surface area contributed by atoms with E-state index in [-0.39, 0.29) is 67.3 Å². The van der Waals surface area contributed by atoms with Crippen LogP contribution in [0.2, 0.25) is 0 Å². The third kappa shape index (κ3) is 11.6. The van der Waals surface area contributed by atoms with E-state index in [9.17, 15) is 34.5 Å². The second kappa shape index (κ2) is 21.5. The SMILES string of the molecule is CCCC1CC(C)CC(C)CC(OC)C2OC(O)(C(=O)C(=O)N3CCCCC3C(=O)OC(C(C)CC3CCC(O)C(OC)C3)C(C)C(O)CC1=O)C(C)CC2OC. The highest BCUT2D eigenvalue weighted by Gasteiger charge is 2.56. The molecule has 16 atom stereocenters. The fourth-order valence-electron chi connectivity index (χ4n) is 10.5. The highest BCUT2D eigenvalue weighted by molar-refractivity contribution is 6.39. The van der Waals surface area contributed by atoms with Crippen LogP contribution in [0.15, 0.2) is 0 Å². The Balaban J connectivity index is 1.72. The van der Waals surface area contributed by atoms with Crippen LogP contribution in [0.1, 0.15) is 131 Å². The molecular weight excluding hydrogens is 734 g/mol. The highest BCUT2D eigenvalue weighted by atomic mass is 16.7. The number of fused-ring (bicyclic) bond motifs is 3. The standard InChI is InChI=1S/C44H75NO12/c1-10-13-31-19-25(2)18-26(3)20-37(54-8)40-38(55-9)22-28(5)44(52,57-40)41(49)42(50)45-17-12-11-14-32(45)43(51)56-39(29(6)34(47)24-35(31)48)27(4)21-30-15-16-33(46)36(23-30)53-7/h25-34,36-40,46-47,52H,10-24H2,1-9H3. The van der Waals surface area contributed by atoms with Crippen molar-refractivity contribution in [2.75, 3.05) is 27.9 Å². The van der Waals surface area contributed by atoms with E-state index in [0.29, 0.717) is 51.4 Å². The van der Waals surface area contributed by atoms with Crippen molar-refractivity contribution in [2.45, 2.75) is 186 Å². The summed E-state index contributed by atoms with van der Waals surface area (Å²) in [7, 11) is 4.69. The van der Waals surface area contributed by atoms with E-state index in [1.54, 1.807) is 28.3 Å². The maximum atomic E-state index is 14.4. The molecule has 0 aromatic heterocycles. The summed E-state index contributed by atoms with van der Waals surface area (Å²) in [5.74, 6) is -6.82. The average molecular weight is 810 g/mol. The third-order valence-electron chi connectivity index (χ3n) is 13.9. The Hall–Kier alpha value is -2.00. The second-order valence-electron chi connectivity index (χ2n) is 18.4. The molecule has 1 amide bonds. The quantitative estimate of drug-likeness (QED) is 0.221. The predicted octanol–water partition coefficient (Wildman–Crippen LogP) is 5.02. The molecule has 4 fully saturated rings. The van der Waals surface area contributed by atoms with Gasteiger partial charge in [0, 0.05) is 52.0 Å². The summed E-state index contributed by atoms with van der Waals surface area (Å²) in [5.41, 5.74) is 0. The molecule has 1 aliphatic carbocycles. The lowest BCUT2D eigenvalue weighted by molar-refractivity contribution is -0.302. The Bertz CT molecular complexity index is 1330. The molecular formula is C44H75NO12. The van der Waals surface area contributed by atoms with Crippen LogP contribution >= 0.6 is 0 Å². The fourth-order valence-corrected chi connectivity index (χ4v) is 10.5. The number of hydrogen-bond acceptors (Lipinski definition) is 12. The molecule has 3 N–H and O–H groups in total. The molecule has 4 rings (SSSR count). The normalized spacial score (nSPS) is 41.8. The first-order valence-electron chi connectivity index (χ1n) is 21.9. The van der Waals surface area contributed by atoms with Crippen molar-refractivity contribution in [3.05, 3.63) is 0 Å². The van der Waals surface area contributed by atoms with E-state index in [2.05, 4.69) is 20.8 Å². The Kier molecular flexibility index (Phi) is 18.0. The first-order chi connectivity index (χ1) is 27.0. The van der Waals surface area contributed by atoms with Crippen LogP contribution in [0.25, 0.3) is 0 Å². The number of rotatable bonds is 8. The smallest absolute Gasteiger partial charge is 0.329 e. The van der Waals surface area contributed by atoms with Crippen molar-refractivity contribution in [3.63, 3.8) is 0 Å². The van der Waals surface area contributed by atoms with Gasteiger partial charge in [0.1, 0.15) is 24.0 Å². The molecule has 0 spiro atoms. The number of ether oxygens (including phenoxy) is 5. The van der Waals surface area contributed by atoms with E-state index in [4.69, 9.17) is 23.7 Å². The summed E-state index contributed by atoms with van der Waals surface area (Å²) in [6, 6.07) is -1.10. The Morgan fingerprint density at radius 3 is 2.12 bits per heavy atom. The summed E-state index contributed by atoms with van der Waals surface area (Å²) in [6.07, 6.45) is 2.99. The highest BCUT2D eigenvalue weighted by Crippen LogP contribution is 2.40. The van der Waals surface area contributed by atoms with Gasteiger partial charge in [-0.15, -0.1) is 0 Å². The number of methoxy groups -OCH3 is 3. The lowest BCUT2D eigenvalue weighted by atomic mass is 9.76. The predicted molar refractivity (Wildman–Crippen MR) is 213 cm³/mol. The number of aliphatic hydroxyl groups excluding tert-OH is 2. The van der Waals surface area contributed by atoms with Crippen molar-refractivity contribution in [1.29, 1.82) is 0 Å². The minimum atomic E-state index is -2.48. The summed E-state index contributed by atoms with van der Waals surface area (Å²) < 4.78 is 30.0. The molecule has 13 nitrogen and oxygen atoms in total. The second-order valence-corrected chi connectivity index (χ2v) is 18.4. The molecule has 1 saturated carbocycles. The van der Waals surface area contributed by atoms with Gasteiger partial charge in [-0.05, 0) is 101 Å². The van der Waals surface area contributed by atoms with E-state index < -0.39 is 77.9 Å². The number of ketones is 2. The summed E-state index contributed by atoms with van der Waals surface area (Å²) in [5, 5.41) is 34.3. The number of carbonyl (C=O) groups excluding carboxylic acids is 4. The number of aliphatic hydroxyl groups is 3.